The lowest BCUT2D eigenvalue weighted by molar-refractivity contribution is -0.120. The smallest absolute Gasteiger partial charge is 0.285 e. The first kappa shape index (κ1) is 17.7. The molecule has 140 valence electrons. The van der Waals surface area contributed by atoms with E-state index in [1.807, 2.05) is 36.1 Å². The molecule has 1 saturated heterocycles. The Kier molecular flexibility index (Phi) is 4.47. The maximum Gasteiger partial charge on any atom is 0.285 e. The van der Waals surface area contributed by atoms with E-state index in [-0.39, 0.29) is 10.8 Å². The number of carbonyl (C=O) groups is 1. The molecule has 2 aromatic carbocycles. The van der Waals surface area contributed by atoms with Crippen LogP contribution in [0.15, 0.2) is 57.8 Å². The number of nitrogens with zero attached hydrogens (tertiary/aromatic N) is 2. The number of benzene rings is 2. The zero-order chi connectivity index (χ0) is 19.0. The van der Waals surface area contributed by atoms with Gasteiger partial charge >= 0.3 is 0 Å². The summed E-state index contributed by atoms with van der Waals surface area (Å²) in [7, 11) is -3.70. The number of fused-ring (bicyclic) bond motifs is 1. The predicted molar refractivity (Wildman–Crippen MR) is 104 cm³/mol. The molecule has 0 spiro atoms. The van der Waals surface area contributed by atoms with E-state index in [0.29, 0.717) is 24.4 Å². The van der Waals surface area contributed by atoms with E-state index in [1.165, 1.54) is 0 Å². The number of sulfonamides is 1. The molecule has 0 bridgehead atoms. The fraction of sp³-hybridized carbons (Fsp3) is 0.300. The van der Waals surface area contributed by atoms with E-state index < -0.39 is 16.1 Å². The normalized spacial score (nSPS) is 20.7. The second-order valence-electron chi connectivity index (χ2n) is 6.95. The first-order valence-corrected chi connectivity index (χ1v) is 10.5. The van der Waals surface area contributed by atoms with Crippen LogP contribution < -0.4 is 5.32 Å². The summed E-state index contributed by atoms with van der Waals surface area (Å²) in [4.78, 5) is 15.0. The van der Waals surface area contributed by atoms with Crippen molar-refractivity contribution in [3.8, 4) is 0 Å². The van der Waals surface area contributed by atoms with Crippen molar-refractivity contribution in [1.29, 1.82) is 0 Å². The highest BCUT2D eigenvalue weighted by atomic mass is 32.2. The lowest BCUT2D eigenvalue weighted by Crippen LogP contribution is -2.50. The molecule has 27 heavy (non-hydrogen) atoms. The number of anilines is 1. The molecule has 2 aromatic rings. The second kappa shape index (κ2) is 6.81. The summed E-state index contributed by atoms with van der Waals surface area (Å²) in [5, 5.41) is 2.95. The molecule has 0 unspecified atom stereocenters. The van der Waals surface area contributed by atoms with Crippen molar-refractivity contribution in [2.45, 2.75) is 37.1 Å². The van der Waals surface area contributed by atoms with E-state index in [2.05, 4.69) is 9.71 Å². The molecule has 1 N–H and O–H groups in total. The Balaban J connectivity index is 1.64. The predicted octanol–water partition coefficient (Wildman–Crippen LogP) is 2.94. The van der Waals surface area contributed by atoms with Crippen molar-refractivity contribution in [2.75, 3.05) is 11.9 Å². The van der Waals surface area contributed by atoms with Crippen LogP contribution in [0.2, 0.25) is 0 Å². The van der Waals surface area contributed by atoms with Crippen LogP contribution in [0.25, 0.3) is 0 Å². The molecule has 2 heterocycles. The highest BCUT2D eigenvalue weighted by Gasteiger charge is 2.37. The van der Waals surface area contributed by atoms with Crippen molar-refractivity contribution in [3.63, 3.8) is 0 Å². The molecule has 4 rings (SSSR count). The van der Waals surface area contributed by atoms with Crippen molar-refractivity contribution >= 4 is 27.5 Å². The van der Waals surface area contributed by atoms with Gasteiger partial charge in [-0.1, -0.05) is 29.8 Å². The average Bonchev–Trinajstić information content (AvgIpc) is 2.95. The van der Waals surface area contributed by atoms with Crippen LogP contribution >= 0.6 is 0 Å². The fourth-order valence-electron chi connectivity index (χ4n) is 3.62. The third-order valence-electron chi connectivity index (χ3n) is 5.01. The largest absolute Gasteiger partial charge is 0.343 e. The Morgan fingerprint density at radius 1 is 1.11 bits per heavy atom. The van der Waals surface area contributed by atoms with Gasteiger partial charge in [-0.15, -0.1) is 4.40 Å². The Bertz CT molecular complexity index is 1010. The molecule has 1 amide bonds. The molecule has 0 aromatic heterocycles. The summed E-state index contributed by atoms with van der Waals surface area (Å²) in [6.45, 7) is 2.60. The maximum absolute atomic E-state index is 12.9. The number of amidine groups is 1. The van der Waals surface area contributed by atoms with Crippen molar-refractivity contribution in [2.24, 2.45) is 4.40 Å². The maximum atomic E-state index is 12.9. The molecule has 2 aliphatic heterocycles. The Hall–Kier alpha value is -2.67. The van der Waals surface area contributed by atoms with Crippen LogP contribution in [0, 0.1) is 6.92 Å². The van der Waals surface area contributed by atoms with E-state index in [4.69, 9.17) is 0 Å². The summed E-state index contributed by atoms with van der Waals surface area (Å²) in [6, 6.07) is 14.0. The lowest BCUT2D eigenvalue weighted by atomic mass is 9.99. The molecule has 0 saturated carbocycles. The van der Waals surface area contributed by atoms with E-state index in [9.17, 15) is 13.2 Å². The number of piperidine rings is 1. The van der Waals surface area contributed by atoms with Gasteiger partial charge in [0.25, 0.3) is 10.0 Å². The van der Waals surface area contributed by atoms with E-state index in [1.54, 1.807) is 24.3 Å². The minimum atomic E-state index is -3.70. The number of rotatable bonds is 2. The van der Waals surface area contributed by atoms with Gasteiger partial charge in [-0.25, -0.2) is 0 Å². The molecule has 2 aliphatic rings. The number of amides is 1. The van der Waals surface area contributed by atoms with Crippen molar-refractivity contribution < 1.29 is 13.2 Å². The van der Waals surface area contributed by atoms with Crippen molar-refractivity contribution in [3.05, 3.63) is 59.7 Å². The highest BCUT2D eigenvalue weighted by Crippen LogP contribution is 2.31. The number of hydrogen-bond acceptors (Lipinski definition) is 4. The van der Waals surface area contributed by atoms with Gasteiger partial charge < -0.3 is 10.2 Å². The summed E-state index contributed by atoms with van der Waals surface area (Å²) in [5.41, 5.74) is 2.43. The average molecular weight is 383 g/mol. The molecule has 1 atom stereocenters. The fourth-order valence-corrected chi connectivity index (χ4v) is 4.83. The standard InChI is InChI=1S/C20H21N3O3S/c1-14-9-11-15(12-10-14)21-20(24)17-7-4-5-13-23(17)19-16-6-2-3-8-18(16)27(25,26)22-19/h2-3,6,8-12,17H,4-5,7,13H2,1H3,(H,21,24)/t17-/m1/s1. The summed E-state index contributed by atoms with van der Waals surface area (Å²) >= 11 is 0. The minimum absolute atomic E-state index is 0.136. The number of carbonyl (C=O) groups excluding carboxylic acids is 1. The van der Waals surface area contributed by atoms with Crippen LogP contribution in [-0.2, 0) is 14.8 Å². The van der Waals surface area contributed by atoms with Gasteiger partial charge in [0.1, 0.15) is 10.9 Å². The number of hydrogen-bond donors (Lipinski definition) is 1. The third kappa shape index (κ3) is 3.35. The van der Waals surface area contributed by atoms with Gasteiger partial charge in [0.15, 0.2) is 5.84 Å². The second-order valence-corrected chi connectivity index (χ2v) is 8.52. The molecular weight excluding hydrogens is 362 g/mol. The van der Waals surface area contributed by atoms with Gasteiger partial charge in [-0.05, 0) is 50.5 Å². The number of likely N-dealkylation sites (tertiary alicyclic amines) is 1. The molecule has 0 aliphatic carbocycles. The molecule has 6 nitrogen and oxygen atoms in total. The topological polar surface area (TPSA) is 78.8 Å². The lowest BCUT2D eigenvalue weighted by Gasteiger charge is -2.36. The zero-order valence-electron chi connectivity index (χ0n) is 15.1. The highest BCUT2D eigenvalue weighted by molar-refractivity contribution is 7.90. The monoisotopic (exact) mass is 383 g/mol. The van der Waals surface area contributed by atoms with E-state index in [0.717, 1.165) is 24.1 Å². The number of aryl methyl sites for hydroxylation is 1. The van der Waals surface area contributed by atoms with Gasteiger partial charge in [-0.2, -0.15) is 8.42 Å². The minimum Gasteiger partial charge on any atom is -0.343 e. The molecular formula is C20H21N3O3S. The quantitative estimate of drug-likeness (QED) is 0.865. The first-order chi connectivity index (χ1) is 13.0. The zero-order valence-corrected chi connectivity index (χ0v) is 15.9. The van der Waals surface area contributed by atoms with Crippen LogP contribution in [0.4, 0.5) is 5.69 Å². The van der Waals surface area contributed by atoms with Crippen LogP contribution in [-0.4, -0.2) is 37.6 Å². The van der Waals surface area contributed by atoms with Gasteiger partial charge in [0.2, 0.25) is 5.91 Å². The summed E-state index contributed by atoms with van der Waals surface area (Å²) in [5.74, 6) is 0.248. The van der Waals surface area contributed by atoms with Crippen molar-refractivity contribution in [1.82, 2.24) is 4.90 Å². The van der Waals surface area contributed by atoms with Crippen LogP contribution in [0.5, 0.6) is 0 Å². The molecule has 7 heteroatoms. The first-order valence-electron chi connectivity index (χ1n) is 9.04. The SMILES string of the molecule is Cc1ccc(NC(=O)[C@H]2CCCCN2C2=NS(=O)(=O)c3ccccc32)cc1. The van der Waals surface area contributed by atoms with Gasteiger partial charge in [0, 0.05) is 17.8 Å². The van der Waals surface area contributed by atoms with E-state index >= 15 is 0 Å². The van der Waals surface area contributed by atoms with Crippen LogP contribution in [0.1, 0.15) is 30.4 Å². The summed E-state index contributed by atoms with van der Waals surface area (Å²) < 4.78 is 28.8. The van der Waals surface area contributed by atoms with Gasteiger partial charge in [-0.3, -0.25) is 4.79 Å². The summed E-state index contributed by atoms with van der Waals surface area (Å²) in [6.07, 6.45) is 2.48. The molecule has 1 fully saturated rings. The molecule has 0 radical (unpaired) electrons. The van der Waals surface area contributed by atoms with Crippen LogP contribution in [0.3, 0.4) is 0 Å². The number of nitrogens with one attached hydrogen (secondary N) is 1. The Morgan fingerprint density at radius 2 is 1.85 bits per heavy atom. The third-order valence-corrected chi connectivity index (χ3v) is 6.33. The Morgan fingerprint density at radius 3 is 2.63 bits per heavy atom. The Labute approximate surface area is 159 Å². The van der Waals surface area contributed by atoms with Gasteiger partial charge in [0.05, 0.1) is 0 Å².